The first-order valence-corrected chi connectivity index (χ1v) is 9.95. The lowest BCUT2D eigenvalue weighted by molar-refractivity contribution is -0.188. The van der Waals surface area contributed by atoms with Gasteiger partial charge in [0, 0.05) is 57.2 Å². The van der Waals surface area contributed by atoms with Gasteiger partial charge in [-0.2, -0.15) is 0 Å². The van der Waals surface area contributed by atoms with Crippen LogP contribution in [0.1, 0.15) is 37.2 Å². The van der Waals surface area contributed by atoms with Crippen LogP contribution in [-0.2, 0) is 4.74 Å². The first-order valence-electron chi connectivity index (χ1n) is 9.95. The topological polar surface area (TPSA) is 70.3 Å². The summed E-state index contributed by atoms with van der Waals surface area (Å²) in [4.78, 5) is 21.1. The molecule has 8 heteroatoms. The van der Waals surface area contributed by atoms with E-state index in [1.54, 1.807) is 12.1 Å². The van der Waals surface area contributed by atoms with Gasteiger partial charge in [0.15, 0.2) is 11.7 Å². The highest BCUT2D eigenvalue weighted by molar-refractivity contribution is 14.0. The fraction of sp³-hybridized carbons (Fsp3) is 0.700. The largest absolute Gasteiger partial charge is 0.459 e. The zero-order valence-corrected chi connectivity index (χ0v) is 19.2. The standard InChI is InChI=1S/C20H30N4O3.HI/c1-20(2)16(14-6-4-13-27-17(14)20)22-19(21-3)24-10-8-23(9-11-24)18(25)15-7-5-12-26-15;/h5,7,12,14,16-17H,4,6,8-11,13H2,1-3H3,(H,21,22);1H. The van der Waals surface area contributed by atoms with Crippen LogP contribution in [0.5, 0.6) is 0 Å². The van der Waals surface area contributed by atoms with Crippen molar-refractivity contribution in [3.63, 3.8) is 0 Å². The summed E-state index contributed by atoms with van der Waals surface area (Å²) in [5, 5.41) is 3.71. The predicted octanol–water partition coefficient (Wildman–Crippen LogP) is 2.43. The molecule has 156 valence electrons. The van der Waals surface area contributed by atoms with Crippen molar-refractivity contribution in [3.8, 4) is 0 Å². The van der Waals surface area contributed by atoms with Crippen molar-refractivity contribution in [3.05, 3.63) is 24.2 Å². The normalized spacial score (nSPS) is 29.4. The van der Waals surface area contributed by atoms with Crippen LogP contribution in [0, 0.1) is 11.3 Å². The third-order valence-electron chi connectivity index (χ3n) is 6.43. The van der Waals surface area contributed by atoms with Gasteiger partial charge in [0.25, 0.3) is 5.91 Å². The van der Waals surface area contributed by atoms with Crippen molar-refractivity contribution in [2.45, 2.75) is 38.8 Å². The Labute approximate surface area is 183 Å². The zero-order valence-electron chi connectivity index (χ0n) is 16.9. The lowest BCUT2D eigenvalue weighted by Gasteiger charge is -2.60. The van der Waals surface area contributed by atoms with E-state index in [0.29, 0.717) is 36.9 Å². The number of hydrogen-bond acceptors (Lipinski definition) is 4. The van der Waals surface area contributed by atoms with Gasteiger partial charge in [-0.25, -0.2) is 0 Å². The molecule has 0 bridgehead atoms. The minimum Gasteiger partial charge on any atom is -0.459 e. The number of guanidine groups is 1. The number of hydrogen-bond donors (Lipinski definition) is 1. The van der Waals surface area contributed by atoms with Crippen LogP contribution in [0.3, 0.4) is 0 Å². The smallest absolute Gasteiger partial charge is 0.289 e. The van der Waals surface area contributed by atoms with Crippen LogP contribution >= 0.6 is 24.0 Å². The summed E-state index contributed by atoms with van der Waals surface area (Å²) in [5.41, 5.74) is 0.109. The van der Waals surface area contributed by atoms with Crippen molar-refractivity contribution >= 4 is 35.8 Å². The Balaban J connectivity index is 0.00000225. The molecule has 3 heterocycles. The third-order valence-corrected chi connectivity index (χ3v) is 6.43. The highest BCUT2D eigenvalue weighted by Crippen LogP contribution is 2.51. The molecule has 1 aromatic heterocycles. The van der Waals surface area contributed by atoms with Crippen LogP contribution in [0.4, 0.5) is 0 Å². The van der Waals surface area contributed by atoms with E-state index in [1.807, 2.05) is 11.9 Å². The highest BCUT2D eigenvalue weighted by atomic mass is 127. The number of carbonyl (C=O) groups excluding carboxylic acids is 1. The number of piperazine rings is 1. The minimum absolute atomic E-state index is 0. The summed E-state index contributed by atoms with van der Waals surface area (Å²) in [6.45, 7) is 8.33. The number of rotatable bonds is 2. The Morgan fingerprint density at radius 3 is 2.61 bits per heavy atom. The van der Waals surface area contributed by atoms with Crippen molar-refractivity contribution in [2.24, 2.45) is 16.3 Å². The van der Waals surface area contributed by atoms with E-state index in [-0.39, 0.29) is 35.3 Å². The van der Waals surface area contributed by atoms with Crippen LogP contribution in [-0.4, -0.2) is 73.6 Å². The predicted molar refractivity (Wildman–Crippen MR) is 118 cm³/mol. The Morgan fingerprint density at radius 1 is 1.25 bits per heavy atom. The van der Waals surface area contributed by atoms with Gasteiger partial charge >= 0.3 is 0 Å². The third kappa shape index (κ3) is 3.77. The SMILES string of the molecule is CN=C(NC1C2CCCOC2C1(C)C)N1CCN(C(=O)c2ccco2)CC1.I. The van der Waals surface area contributed by atoms with Gasteiger partial charge in [-0.15, -0.1) is 24.0 Å². The van der Waals surface area contributed by atoms with Crippen molar-refractivity contribution in [1.82, 2.24) is 15.1 Å². The number of fused-ring (bicyclic) bond motifs is 1. The van der Waals surface area contributed by atoms with Gasteiger partial charge in [-0.05, 0) is 25.0 Å². The molecule has 7 nitrogen and oxygen atoms in total. The van der Waals surface area contributed by atoms with Crippen LogP contribution in [0.2, 0.25) is 0 Å². The minimum atomic E-state index is -0.0371. The molecule has 3 aliphatic rings. The second-order valence-corrected chi connectivity index (χ2v) is 8.34. The second-order valence-electron chi connectivity index (χ2n) is 8.34. The first kappa shape index (κ1) is 21.4. The van der Waals surface area contributed by atoms with Gasteiger partial charge in [-0.1, -0.05) is 13.8 Å². The van der Waals surface area contributed by atoms with E-state index in [1.165, 1.54) is 12.7 Å². The lowest BCUT2D eigenvalue weighted by atomic mass is 9.55. The van der Waals surface area contributed by atoms with E-state index in [4.69, 9.17) is 9.15 Å². The number of furan rings is 1. The molecule has 2 aliphatic heterocycles. The Bertz CT molecular complexity index is 698. The maximum Gasteiger partial charge on any atom is 0.289 e. The van der Waals surface area contributed by atoms with Gasteiger partial charge in [0.2, 0.25) is 0 Å². The summed E-state index contributed by atoms with van der Waals surface area (Å²) in [6.07, 6.45) is 4.25. The number of carbonyl (C=O) groups is 1. The number of ether oxygens (including phenoxy) is 1. The van der Waals surface area contributed by atoms with E-state index < -0.39 is 0 Å². The van der Waals surface area contributed by atoms with E-state index in [0.717, 1.165) is 32.1 Å². The molecule has 28 heavy (non-hydrogen) atoms. The summed E-state index contributed by atoms with van der Waals surface area (Å²) >= 11 is 0. The number of halogens is 1. The van der Waals surface area contributed by atoms with Crippen molar-refractivity contribution < 1.29 is 13.9 Å². The van der Waals surface area contributed by atoms with Gasteiger partial charge < -0.3 is 24.3 Å². The monoisotopic (exact) mass is 502 g/mol. The number of aliphatic imine (C=N–C) groups is 1. The molecule has 0 spiro atoms. The number of nitrogens with zero attached hydrogens (tertiary/aromatic N) is 3. The molecule has 2 saturated heterocycles. The van der Waals surface area contributed by atoms with Gasteiger partial charge in [0.05, 0.1) is 12.4 Å². The van der Waals surface area contributed by atoms with E-state index in [2.05, 4.69) is 29.1 Å². The molecular weight excluding hydrogens is 471 g/mol. The molecule has 1 aromatic rings. The molecule has 1 aliphatic carbocycles. The van der Waals surface area contributed by atoms with Gasteiger partial charge in [0.1, 0.15) is 0 Å². The Hall–Kier alpha value is -1.29. The fourth-order valence-corrected chi connectivity index (χ4v) is 4.93. The number of amides is 1. The molecule has 3 fully saturated rings. The number of nitrogens with one attached hydrogen (secondary N) is 1. The van der Waals surface area contributed by atoms with Crippen LogP contribution in [0.25, 0.3) is 0 Å². The molecule has 3 unspecified atom stereocenters. The van der Waals surface area contributed by atoms with Gasteiger partial charge in [-0.3, -0.25) is 9.79 Å². The van der Waals surface area contributed by atoms with E-state index in [9.17, 15) is 4.79 Å². The highest BCUT2D eigenvalue weighted by Gasteiger charge is 2.58. The molecule has 4 rings (SSSR count). The first-order chi connectivity index (χ1) is 13.0. The van der Waals surface area contributed by atoms with Crippen LogP contribution < -0.4 is 5.32 Å². The maximum atomic E-state index is 12.4. The van der Waals surface area contributed by atoms with E-state index >= 15 is 0 Å². The molecule has 0 radical (unpaired) electrons. The summed E-state index contributed by atoms with van der Waals surface area (Å²) in [5.74, 6) is 1.87. The summed E-state index contributed by atoms with van der Waals surface area (Å²) in [6, 6.07) is 3.85. The quantitative estimate of drug-likeness (QED) is 0.382. The summed E-state index contributed by atoms with van der Waals surface area (Å²) < 4.78 is 11.3. The fourth-order valence-electron chi connectivity index (χ4n) is 4.93. The molecular formula is C20H31IN4O3. The average Bonchev–Trinajstić information content (AvgIpc) is 3.23. The van der Waals surface area contributed by atoms with Crippen molar-refractivity contribution in [1.29, 1.82) is 0 Å². The zero-order chi connectivity index (χ0) is 19.0. The van der Waals surface area contributed by atoms with Crippen LogP contribution in [0.15, 0.2) is 27.8 Å². The molecule has 1 amide bonds. The summed E-state index contributed by atoms with van der Waals surface area (Å²) in [7, 11) is 1.84. The lowest BCUT2D eigenvalue weighted by Crippen LogP contribution is -2.71. The average molecular weight is 502 g/mol. The second kappa shape index (κ2) is 8.61. The maximum absolute atomic E-state index is 12.4. The Kier molecular flexibility index (Phi) is 6.58. The molecule has 0 aromatic carbocycles. The molecule has 1 N–H and O–H groups in total. The molecule has 1 saturated carbocycles. The Morgan fingerprint density at radius 2 is 1.96 bits per heavy atom. The molecule has 3 atom stereocenters. The van der Waals surface area contributed by atoms with Crippen molar-refractivity contribution in [2.75, 3.05) is 39.8 Å².